The summed E-state index contributed by atoms with van der Waals surface area (Å²) in [4.78, 5) is 33.8. The third-order valence-electron chi connectivity index (χ3n) is 6.09. The van der Waals surface area contributed by atoms with Crippen LogP contribution in [0.15, 0.2) is 61.4 Å². The number of hydrogen-bond acceptors (Lipinski definition) is 9. The number of benzene rings is 1. The van der Waals surface area contributed by atoms with E-state index in [9.17, 15) is 9.59 Å². The second kappa shape index (κ2) is 16.0. The van der Waals surface area contributed by atoms with Gasteiger partial charge in [-0.1, -0.05) is 76.6 Å². The van der Waals surface area contributed by atoms with E-state index in [1.165, 1.54) is 44.5 Å². The Bertz CT molecular complexity index is 989. The highest BCUT2D eigenvalue weighted by molar-refractivity contribution is 5.89. The Morgan fingerprint density at radius 3 is 2.39 bits per heavy atom. The first-order valence-corrected chi connectivity index (χ1v) is 13.4. The molecule has 1 aliphatic rings. The van der Waals surface area contributed by atoms with E-state index in [4.69, 9.17) is 23.7 Å². The van der Waals surface area contributed by atoms with E-state index in [1.54, 1.807) is 36.4 Å². The van der Waals surface area contributed by atoms with Gasteiger partial charge in [-0.25, -0.2) is 19.6 Å². The van der Waals surface area contributed by atoms with E-state index in [-0.39, 0.29) is 19.0 Å². The molecule has 0 spiro atoms. The summed E-state index contributed by atoms with van der Waals surface area (Å²) in [5, 5.41) is 0. The summed E-state index contributed by atoms with van der Waals surface area (Å²) in [6.07, 6.45) is 11.2. The van der Waals surface area contributed by atoms with Crippen LogP contribution in [0.4, 0.5) is 0 Å². The minimum atomic E-state index is -1.91. The normalized spacial score (nSPS) is 19.9. The average Bonchev–Trinajstić information content (AvgIpc) is 2.96. The number of ether oxygens (including phenoxy) is 5. The van der Waals surface area contributed by atoms with E-state index < -0.39 is 30.3 Å². The van der Waals surface area contributed by atoms with Gasteiger partial charge in [0, 0.05) is 24.9 Å². The van der Waals surface area contributed by atoms with Crippen molar-refractivity contribution < 1.29 is 33.3 Å². The molecule has 1 fully saturated rings. The average molecular weight is 527 g/mol. The second-order valence-electron chi connectivity index (χ2n) is 9.02. The number of esters is 2. The Kier molecular flexibility index (Phi) is 12.4. The lowest BCUT2D eigenvalue weighted by Gasteiger charge is -2.41. The minimum absolute atomic E-state index is 0.0508. The first kappa shape index (κ1) is 29.4. The molecule has 1 aromatic heterocycles. The first-order chi connectivity index (χ1) is 18.6. The fourth-order valence-electron chi connectivity index (χ4n) is 4.11. The second-order valence-corrected chi connectivity index (χ2v) is 9.02. The molecule has 2 aromatic rings. The quantitative estimate of drug-likeness (QED) is 0.122. The molecule has 1 saturated heterocycles. The molecule has 0 saturated carbocycles. The van der Waals surface area contributed by atoms with Crippen LogP contribution < -0.4 is 0 Å². The van der Waals surface area contributed by atoms with Crippen LogP contribution in [0.3, 0.4) is 0 Å². The molecular weight excluding hydrogens is 488 g/mol. The number of carbonyl (C=O) groups excluding carboxylic acids is 2. The van der Waals surface area contributed by atoms with Crippen molar-refractivity contribution in [1.82, 2.24) is 9.97 Å². The van der Waals surface area contributed by atoms with Gasteiger partial charge >= 0.3 is 17.7 Å². The topological polar surface area (TPSA) is 106 Å². The van der Waals surface area contributed by atoms with Crippen LogP contribution in [0.5, 0.6) is 0 Å². The lowest BCUT2D eigenvalue weighted by Crippen LogP contribution is -2.55. The van der Waals surface area contributed by atoms with Crippen molar-refractivity contribution in [1.29, 1.82) is 0 Å². The van der Waals surface area contributed by atoms with Crippen LogP contribution in [0, 0.1) is 0 Å². The van der Waals surface area contributed by atoms with Crippen LogP contribution in [-0.4, -0.2) is 47.7 Å². The maximum Gasteiger partial charge on any atom is 0.341 e. The van der Waals surface area contributed by atoms with Crippen LogP contribution >= 0.6 is 0 Å². The van der Waals surface area contributed by atoms with Gasteiger partial charge in [-0.15, -0.1) is 0 Å². The van der Waals surface area contributed by atoms with Crippen molar-refractivity contribution >= 4 is 11.9 Å². The molecule has 0 aliphatic carbocycles. The Morgan fingerprint density at radius 2 is 1.71 bits per heavy atom. The number of nitrogens with zero attached hydrogens (tertiary/aromatic N) is 2. The van der Waals surface area contributed by atoms with Crippen molar-refractivity contribution in [3.05, 3.63) is 72.8 Å². The lowest BCUT2D eigenvalue weighted by molar-refractivity contribution is -0.398. The molecule has 0 bridgehead atoms. The van der Waals surface area contributed by atoms with Gasteiger partial charge in [0.15, 0.2) is 0 Å². The van der Waals surface area contributed by atoms with E-state index in [0.717, 1.165) is 25.3 Å². The largest absolute Gasteiger partial charge is 0.433 e. The van der Waals surface area contributed by atoms with Gasteiger partial charge in [-0.05, 0) is 24.6 Å². The Labute approximate surface area is 224 Å². The molecule has 1 aromatic carbocycles. The van der Waals surface area contributed by atoms with Gasteiger partial charge in [-0.2, -0.15) is 0 Å². The van der Waals surface area contributed by atoms with Gasteiger partial charge in [0.05, 0.1) is 18.8 Å². The van der Waals surface area contributed by atoms with Gasteiger partial charge in [0.25, 0.3) is 0 Å². The van der Waals surface area contributed by atoms with Gasteiger partial charge < -0.3 is 23.7 Å². The third kappa shape index (κ3) is 8.72. The molecular formula is C29H38N2O7. The molecule has 38 heavy (non-hydrogen) atoms. The molecule has 0 amide bonds. The third-order valence-corrected chi connectivity index (χ3v) is 6.09. The summed E-state index contributed by atoms with van der Waals surface area (Å²) in [6, 6.07) is 10.1. The standard InChI is InChI=1S/C29H38N2O7/c1-3-5-6-7-8-9-10-14-18-25(36-24(32)4-2)37-28-29(35-22-21-34-28,27-30-19-15-20-31-27)38-26(33)23-16-12-11-13-17-23/h4,11-13,15-17,19-20,25,28H,2-3,5-10,14,18,21-22H2,1H3. The zero-order valence-corrected chi connectivity index (χ0v) is 22.1. The molecule has 206 valence electrons. The lowest BCUT2D eigenvalue weighted by atomic mass is 10.1. The van der Waals surface area contributed by atoms with Crippen LogP contribution in [0.25, 0.3) is 0 Å². The number of rotatable bonds is 16. The summed E-state index contributed by atoms with van der Waals surface area (Å²) < 4.78 is 29.4. The van der Waals surface area contributed by atoms with Crippen molar-refractivity contribution in [2.24, 2.45) is 0 Å². The van der Waals surface area contributed by atoms with E-state index in [1.807, 2.05) is 0 Å². The van der Waals surface area contributed by atoms with Crippen LogP contribution in [0.2, 0.25) is 0 Å². The highest BCUT2D eigenvalue weighted by atomic mass is 16.8. The number of aromatic nitrogens is 2. The Morgan fingerprint density at radius 1 is 1.03 bits per heavy atom. The molecule has 0 N–H and O–H groups in total. The highest BCUT2D eigenvalue weighted by Gasteiger charge is 2.54. The zero-order valence-electron chi connectivity index (χ0n) is 22.1. The first-order valence-electron chi connectivity index (χ1n) is 13.4. The predicted molar refractivity (Wildman–Crippen MR) is 140 cm³/mol. The maximum absolute atomic E-state index is 13.1. The number of hydrogen-bond donors (Lipinski definition) is 0. The Balaban J connectivity index is 1.75. The SMILES string of the molecule is C=CC(=O)OC(CCCCCCCCCC)OC1OCCOC1(OC(=O)c1ccccc1)c1ncccn1. The van der Waals surface area contributed by atoms with Crippen LogP contribution in [0.1, 0.15) is 80.9 Å². The molecule has 9 heteroatoms. The summed E-state index contributed by atoms with van der Waals surface area (Å²) >= 11 is 0. The molecule has 0 radical (unpaired) electrons. The molecule has 3 rings (SSSR count). The van der Waals surface area contributed by atoms with Crippen molar-refractivity contribution in [2.75, 3.05) is 13.2 Å². The van der Waals surface area contributed by atoms with Gasteiger partial charge in [-0.3, -0.25) is 0 Å². The molecule has 2 heterocycles. The molecule has 3 atom stereocenters. The fourth-order valence-corrected chi connectivity index (χ4v) is 4.11. The van der Waals surface area contributed by atoms with Crippen molar-refractivity contribution in [2.45, 2.75) is 83.1 Å². The maximum atomic E-state index is 13.1. The highest BCUT2D eigenvalue weighted by Crippen LogP contribution is 2.36. The predicted octanol–water partition coefficient (Wildman–Crippen LogP) is 5.46. The molecule has 9 nitrogen and oxygen atoms in total. The van der Waals surface area contributed by atoms with E-state index >= 15 is 0 Å². The van der Waals surface area contributed by atoms with E-state index in [2.05, 4.69) is 23.5 Å². The summed E-state index contributed by atoms with van der Waals surface area (Å²) in [6.45, 7) is 5.96. The van der Waals surface area contributed by atoms with Crippen molar-refractivity contribution in [3.63, 3.8) is 0 Å². The molecule has 3 unspecified atom stereocenters. The molecule has 1 aliphatic heterocycles. The number of unbranched alkanes of at least 4 members (excludes halogenated alkanes) is 7. The summed E-state index contributed by atoms with van der Waals surface area (Å²) in [7, 11) is 0. The number of carbonyl (C=O) groups is 2. The summed E-state index contributed by atoms with van der Waals surface area (Å²) in [5.74, 6) is -3.16. The fraction of sp³-hybridized carbons (Fsp3) is 0.517. The van der Waals surface area contributed by atoms with Crippen molar-refractivity contribution in [3.8, 4) is 0 Å². The van der Waals surface area contributed by atoms with Crippen LogP contribution in [-0.2, 0) is 34.3 Å². The smallest absolute Gasteiger partial charge is 0.341 e. The minimum Gasteiger partial charge on any atom is -0.433 e. The zero-order chi connectivity index (χ0) is 27.1. The van der Waals surface area contributed by atoms with E-state index in [0.29, 0.717) is 12.0 Å². The van der Waals surface area contributed by atoms with Gasteiger partial charge in [0.1, 0.15) is 0 Å². The summed E-state index contributed by atoms with van der Waals surface area (Å²) in [5.41, 5.74) is 0.310. The Hall–Kier alpha value is -3.14. The monoisotopic (exact) mass is 526 g/mol. The van der Waals surface area contributed by atoms with Gasteiger partial charge in [0.2, 0.25) is 18.4 Å².